The van der Waals surface area contributed by atoms with Crippen LogP contribution in [0.2, 0.25) is 0 Å². The molecule has 0 spiro atoms. The second-order valence-electron chi connectivity index (χ2n) is 7.75. The molecule has 0 atom stereocenters. The molecule has 0 aliphatic rings. The highest BCUT2D eigenvalue weighted by Crippen LogP contribution is 2.12. The van der Waals surface area contributed by atoms with Gasteiger partial charge in [0.15, 0.2) is 6.11 Å². The number of rotatable bonds is 24. The molecule has 0 rings (SSSR count). The van der Waals surface area contributed by atoms with E-state index in [-0.39, 0.29) is 12.4 Å². The standard InChI is InChI=1S/C24H46O7S/c1-3-5-6-7-8-9-10-11-12-13-14-15-16-17-18-30-31-32(25,26)24-23-29-22-21-28-20-19-27-4-2/h3-16,19-24H2,1-2H3. The lowest BCUT2D eigenvalue weighted by Gasteiger charge is -2.05. The maximum absolute atomic E-state index is 11.6. The Labute approximate surface area is 196 Å². The summed E-state index contributed by atoms with van der Waals surface area (Å²) in [6.07, 6.45) is 18.5. The van der Waals surface area contributed by atoms with E-state index in [0.717, 1.165) is 12.8 Å². The largest absolute Gasteiger partial charge is 0.379 e. The van der Waals surface area contributed by atoms with E-state index in [4.69, 9.17) is 14.2 Å². The first-order valence-corrected chi connectivity index (χ1v) is 14.0. The Kier molecular flexibility index (Phi) is 24.1. The zero-order valence-corrected chi connectivity index (χ0v) is 21.2. The third-order valence-electron chi connectivity index (χ3n) is 4.83. The molecular formula is C24H46O7S. The van der Waals surface area contributed by atoms with Crippen molar-refractivity contribution in [1.29, 1.82) is 0 Å². The van der Waals surface area contributed by atoms with Gasteiger partial charge in [-0.3, -0.25) is 4.89 Å². The summed E-state index contributed by atoms with van der Waals surface area (Å²) < 4.78 is 43.2. The molecule has 0 aromatic carbocycles. The maximum Gasteiger partial charge on any atom is 0.306 e. The lowest BCUT2D eigenvalue weighted by molar-refractivity contribution is -0.127. The zero-order chi connectivity index (χ0) is 23.6. The van der Waals surface area contributed by atoms with Gasteiger partial charge < -0.3 is 14.2 Å². The van der Waals surface area contributed by atoms with Crippen LogP contribution in [-0.4, -0.2) is 53.8 Å². The molecule has 8 heteroatoms. The Hall–Kier alpha value is -0.850. The summed E-state index contributed by atoms with van der Waals surface area (Å²) >= 11 is 0. The molecule has 32 heavy (non-hydrogen) atoms. The second-order valence-corrected chi connectivity index (χ2v) is 9.41. The molecule has 0 saturated carbocycles. The van der Waals surface area contributed by atoms with E-state index in [1.54, 1.807) is 0 Å². The molecule has 0 aromatic heterocycles. The summed E-state index contributed by atoms with van der Waals surface area (Å²) in [5, 5.41) is 0. The first-order valence-electron chi connectivity index (χ1n) is 12.4. The molecule has 0 saturated heterocycles. The number of ether oxygens (including phenoxy) is 3. The average Bonchev–Trinajstić information content (AvgIpc) is 2.77. The fourth-order valence-electron chi connectivity index (χ4n) is 2.98. The minimum atomic E-state index is -3.82. The van der Waals surface area contributed by atoms with Crippen molar-refractivity contribution in [2.75, 3.05) is 45.4 Å². The quantitative estimate of drug-likeness (QED) is 0.0796. The van der Waals surface area contributed by atoms with Crippen LogP contribution in [0.4, 0.5) is 0 Å². The molecule has 0 aromatic rings. The molecule has 0 amide bonds. The van der Waals surface area contributed by atoms with Gasteiger partial charge in [0.05, 0.1) is 33.0 Å². The van der Waals surface area contributed by atoms with E-state index in [1.807, 2.05) is 6.92 Å². The van der Waals surface area contributed by atoms with E-state index in [2.05, 4.69) is 28.2 Å². The van der Waals surface area contributed by atoms with Crippen molar-refractivity contribution in [1.82, 2.24) is 0 Å². The van der Waals surface area contributed by atoms with Crippen molar-refractivity contribution in [3.05, 3.63) is 0 Å². The molecule has 190 valence electrons. The topological polar surface area (TPSA) is 80.3 Å². The van der Waals surface area contributed by atoms with Gasteiger partial charge in [-0.05, 0) is 17.7 Å². The van der Waals surface area contributed by atoms with Crippen LogP contribution in [0.5, 0.6) is 0 Å². The van der Waals surface area contributed by atoms with Crippen LogP contribution in [-0.2, 0) is 33.6 Å². The molecule has 0 unspecified atom stereocenters. The number of hydrogen-bond donors (Lipinski definition) is 0. The summed E-state index contributed by atoms with van der Waals surface area (Å²) in [6.45, 7) is 6.55. The minimum absolute atomic E-state index is 0.00675. The van der Waals surface area contributed by atoms with Gasteiger partial charge in [-0.25, -0.2) is 0 Å². The van der Waals surface area contributed by atoms with Gasteiger partial charge in [0.1, 0.15) is 5.75 Å². The molecule has 0 bridgehead atoms. The summed E-state index contributed by atoms with van der Waals surface area (Å²) in [6, 6.07) is 0. The van der Waals surface area contributed by atoms with E-state index < -0.39 is 10.1 Å². The Morgan fingerprint density at radius 1 is 0.625 bits per heavy atom. The minimum Gasteiger partial charge on any atom is -0.379 e. The monoisotopic (exact) mass is 478 g/mol. The van der Waals surface area contributed by atoms with Crippen LogP contribution < -0.4 is 0 Å². The molecule has 0 radical (unpaired) electrons. The van der Waals surface area contributed by atoms with Gasteiger partial charge in [0.25, 0.3) is 0 Å². The van der Waals surface area contributed by atoms with Crippen LogP contribution >= 0.6 is 0 Å². The highest BCUT2D eigenvalue weighted by molar-refractivity contribution is 7.86. The molecule has 7 nitrogen and oxygen atoms in total. The number of hydrogen-bond acceptors (Lipinski definition) is 7. The normalized spacial score (nSPS) is 11.3. The lowest BCUT2D eigenvalue weighted by atomic mass is 10.0. The van der Waals surface area contributed by atoms with E-state index in [9.17, 15) is 8.42 Å². The van der Waals surface area contributed by atoms with Crippen LogP contribution in [0.15, 0.2) is 0 Å². The second kappa shape index (κ2) is 24.8. The van der Waals surface area contributed by atoms with Crippen molar-refractivity contribution in [2.24, 2.45) is 0 Å². The average molecular weight is 479 g/mol. The van der Waals surface area contributed by atoms with Crippen molar-refractivity contribution in [3.63, 3.8) is 0 Å². The third kappa shape index (κ3) is 25.4. The predicted octanol–water partition coefficient (Wildman–Crippen LogP) is 5.39. The van der Waals surface area contributed by atoms with Crippen LogP contribution in [0, 0.1) is 12.0 Å². The molecule has 0 N–H and O–H groups in total. The van der Waals surface area contributed by atoms with Gasteiger partial charge in [0, 0.05) is 13.0 Å². The Morgan fingerprint density at radius 3 is 1.69 bits per heavy atom. The molecule has 0 heterocycles. The third-order valence-corrected chi connectivity index (χ3v) is 5.77. The van der Waals surface area contributed by atoms with E-state index in [0.29, 0.717) is 39.5 Å². The van der Waals surface area contributed by atoms with E-state index >= 15 is 0 Å². The molecule has 0 aliphatic carbocycles. The van der Waals surface area contributed by atoms with Crippen molar-refractivity contribution in [3.8, 4) is 12.0 Å². The number of unbranched alkanes of at least 4 members (excludes halogenated alkanes) is 12. The van der Waals surface area contributed by atoms with Gasteiger partial charge >= 0.3 is 10.1 Å². The van der Waals surface area contributed by atoms with Gasteiger partial charge in [-0.2, -0.15) is 8.42 Å². The summed E-state index contributed by atoms with van der Waals surface area (Å²) in [7, 11) is -3.82. The fourth-order valence-corrected chi connectivity index (χ4v) is 3.51. The maximum atomic E-state index is 11.6. The Balaban J connectivity index is 3.41. The van der Waals surface area contributed by atoms with Crippen molar-refractivity contribution in [2.45, 2.75) is 97.3 Å². The first-order chi connectivity index (χ1) is 15.6. The SMILES string of the molecule is CCCCCCCCCCCCCCC#COOS(=O)(=O)CCOCCOCCOCC. The molecule has 0 aliphatic heterocycles. The van der Waals surface area contributed by atoms with Gasteiger partial charge in [-0.15, -0.1) is 0 Å². The van der Waals surface area contributed by atoms with Gasteiger partial charge in [-0.1, -0.05) is 83.5 Å². The first kappa shape index (κ1) is 31.1. The fraction of sp³-hybridized carbons (Fsp3) is 0.917. The van der Waals surface area contributed by atoms with Crippen molar-refractivity contribution >= 4 is 10.1 Å². The zero-order valence-electron chi connectivity index (χ0n) is 20.4. The van der Waals surface area contributed by atoms with E-state index in [1.165, 1.54) is 64.2 Å². The smallest absolute Gasteiger partial charge is 0.306 e. The van der Waals surface area contributed by atoms with Gasteiger partial charge in [0.2, 0.25) is 0 Å². The van der Waals surface area contributed by atoms with Crippen LogP contribution in [0.25, 0.3) is 0 Å². The lowest BCUT2D eigenvalue weighted by Crippen LogP contribution is -2.16. The predicted molar refractivity (Wildman–Crippen MR) is 128 cm³/mol. The van der Waals surface area contributed by atoms with Crippen LogP contribution in [0.1, 0.15) is 97.3 Å². The van der Waals surface area contributed by atoms with Crippen LogP contribution in [0.3, 0.4) is 0 Å². The highest BCUT2D eigenvalue weighted by atomic mass is 32.2. The summed E-state index contributed by atoms with van der Waals surface area (Å²) in [5.74, 6) is 2.48. The van der Waals surface area contributed by atoms with Crippen molar-refractivity contribution < 1.29 is 31.8 Å². The Bertz CT molecular complexity index is 540. The summed E-state index contributed by atoms with van der Waals surface area (Å²) in [4.78, 5) is 4.50. The Morgan fingerprint density at radius 2 is 1.12 bits per heavy atom. The molecule has 0 fully saturated rings. The summed E-state index contributed by atoms with van der Waals surface area (Å²) in [5.41, 5.74) is 0. The molecular weight excluding hydrogens is 432 g/mol. The highest BCUT2D eigenvalue weighted by Gasteiger charge is 2.12.